The third-order valence-corrected chi connectivity index (χ3v) is 1.81. The van der Waals surface area contributed by atoms with Gasteiger partial charge >= 0.3 is 5.97 Å². The lowest BCUT2D eigenvalue weighted by atomic mass is 10.2. The van der Waals surface area contributed by atoms with E-state index in [1.165, 1.54) is 6.08 Å². The Labute approximate surface area is 92.4 Å². The fourth-order valence-corrected chi connectivity index (χ4v) is 1.26. The molecule has 0 aliphatic rings. The third-order valence-electron chi connectivity index (χ3n) is 1.41. The van der Waals surface area contributed by atoms with E-state index in [2.05, 4.69) is 22.5 Å². The Bertz CT molecular complexity index is 288. The van der Waals surface area contributed by atoms with Gasteiger partial charge in [0.05, 0.1) is 12.2 Å². The molecule has 0 saturated heterocycles. The smallest absolute Gasteiger partial charge is 0.341 e. The van der Waals surface area contributed by atoms with Crippen molar-refractivity contribution in [3.05, 3.63) is 34.5 Å². The fourth-order valence-electron chi connectivity index (χ4n) is 0.871. The van der Waals surface area contributed by atoms with Gasteiger partial charge in [-0.1, -0.05) is 28.6 Å². The summed E-state index contributed by atoms with van der Waals surface area (Å²) in [6, 6.07) is 0. The van der Waals surface area contributed by atoms with Crippen LogP contribution in [0.5, 0.6) is 0 Å². The van der Waals surface area contributed by atoms with Crippen molar-refractivity contribution >= 4 is 21.9 Å². The Hall–Kier alpha value is -1.03. The molecule has 2 N–H and O–H groups in total. The Kier molecular flexibility index (Phi) is 5.95. The zero-order valence-corrected chi connectivity index (χ0v) is 9.93. The highest BCUT2D eigenvalue weighted by atomic mass is 79.9. The van der Waals surface area contributed by atoms with Gasteiger partial charge in [-0.2, -0.15) is 0 Å². The Morgan fingerprint density at radius 3 is 2.57 bits per heavy atom. The first kappa shape index (κ1) is 13.0. The summed E-state index contributed by atoms with van der Waals surface area (Å²) in [7, 11) is 0. The van der Waals surface area contributed by atoms with Crippen molar-refractivity contribution in [1.82, 2.24) is 0 Å². The second-order valence-electron chi connectivity index (χ2n) is 2.49. The molecule has 0 aromatic carbocycles. The third kappa shape index (κ3) is 3.79. The first-order valence-electron chi connectivity index (χ1n) is 4.16. The number of carbonyl (C=O) groups excluding carboxylic acids is 1. The van der Waals surface area contributed by atoms with E-state index in [0.29, 0.717) is 22.4 Å². The Morgan fingerprint density at radius 1 is 1.64 bits per heavy atom. The van der Waals surface area contributed by atoms with E-state index >= 15 is 0 Å². The average Bonchev–Trinajstić information content (AvgIpc) is 2.04. The fraction of sp³-hybridized carbons (Fsp3) is 0.300. The van der Waals surface area contributed by atoms with Crippen molar-refractivity contribution in [3.63, 3.8) is 0 Å². The number of nitrogens with two attached hydrogens (primary N) is 1. The van der Waals surface area contributed by atoms with Crippen LogP contribution in [0, 0.1) is 0 Å². The van der Waals surface area contributed by atoms with Gasteiger partial charge < -0.3 is 10.5 Å². The van der Waals surface area contributed by atoms with Gasteiger partial charge in [0.2, 0.25) is 0 Å². The number of hydrogen-bond acceptors (Lipinski definition) is 3. The standard InChI is InChI=1S/C10H14BrNO2/c1-4-6-8(12)9(7(3)11)10(13)14-5-2/h4,6H,1,5,12H2,2-3H3/b8-6+,9-7-. The highest BCUT2D eigenvalue weighted by Crippen LogP contribution is 2.17. The lowest BCUT2D eigenvalue weighted by molar-refractivity contribution is -0.138. The molecule has 3 nitrogen and oxygen atoms in total. The molecule has 0 aliphatic carbocycles. The van der Waals surface area contributed by atoms with Crippen molar-refractivity contribution in [2.75, 3.05) is 6.61 Å². The van der Waals surface area contributed by atoms with Gasteiger partial charge in [-0.15, -0.1) is 0 Å². The lowest BCUT2D eigenvalue weighted by Gasteiger charge is -2.07. The van der Waals surface area contributed by atoms with Crippen molar-refractivity contribution in [2.24, 2.45) is 5.73 Å². The van der Waals surface area contributed by atoms with Gasteiger partial charge in [-0.05, 0) is 19.9 Å². The normalized spacial score (nSPS) is 13.2. The van der Waals surface area contributed by atoms with Gasteiger partial charge in [0.15, 0.2) is 0 Å². The summed E-state index contributed by atoms with van der Waals surface area (Å²) in [5.41, 5.74) is 6.34. The molecule has 0 unspecified atom stereocenters. The molecule has 0 aromatic rings. The van der Waals surface area contributed by atoms with Crippen LogP contribution in [0.2, 0.25) is 0 Å². The maximum absolute atomic E-state index is 11.4. The molecule has 0 atom stereocenters. The van der Waals surface area contributed by atoms with E-state index in [9.17, 15) is 4.79 Å². The van der Waals surface area contributed by atoms with Gasteiger partial charge in [0.1, 0.15) is 0 Å². The SMILES string of the molecule is C=C/C=C(N)\C(C(=O)OCC)=C(/C)Br. The number of halogens is 1. The molecule has 0 heterocycles. The minimum Gasteiger partial charge on any atom is -0.462 e. The van der Waals surface area contributed by atoms with E-state index in [0.717, 1.165) is 0 Å². The zero-order valence-electron chi connectivity index (χ0n) is 8.34. The predicted molar refractivity (Wildman–Crippen MR) is 60.7 cm³/mol. The predicted octanol–water partition coefficient (Wildman–Crippen LogP) is 2.25. The molecule has 0 fully saturated rings. The summed E-state index contributed by atoms with van der Waals surface area (Å²) in [4.78, 5) is 11.4. The molecule has 0 radical (unpaired) electrons. The van der Waals surface area contributed by atoms with E-state index in [1.54, 1.807) is 19.9 Å². The molecule has 14 heavy (non-hydrogen) atoms. The molecule has 0 rings (SSSR count). The monoisotopic (exact) mass is 259 g/mol. The zero-order chi connectivity index (χ0) is 11.1. The van der Waals surface area contributed by atoms with E-state index in [4.69, 9.17) is 10.5 Å². The van der Waals surface area contributed by atoms with Crippen LogP contribution in [-0.2, 0) is 9.53 Å². The average molecular weight is 260 g/mol. The van der Waals surface area contributed by atoms with E-state index in [-0.39, 0.29) is 0 Å². The van der Waals surface area contributed by atoms with E-state index < -0.39 is 5.97 Å². The number of hydrogen-bond donors (Lipinski definition) is 1. The van der Waals surface area contributed by atoms with Crippen LogP contribution >= 0.6 is 15.9 Å². The molecular formula is C10H14BrNO2. The van der Waals surface area contributed by atoms with Crippen LogP contribution in [0.15, 0.2) is 34.5 Å². The maximum atomic E-state index is 11.4. The van der Waals surface area contributed by atoms with Crippen molar-refractivity contribution < 1.29 is 9.53 Å². The van der Waals surface area contributed by atoms with Crippen molar-refractivity contribution in [3.8, 4) is 0 Å². The summed E-state index contributed by atoms with van der Waals surface area (Å²) in [5, 5.41) is 0. The number of rotatable bonds is 4. The van der Waals surface area contributed by atoms with Crippen LogP contribution in [0.4, 0.5) is 0 Å². The maximum Gasteiger partial charge on any atom is 0.341 e. The Morgan fingerprint density at radius 2 is 2.21 bits per heavy atom. The number of allylic oxidation sites excluding steroid dienone is 3. The molecule has 0 aliphatic heterocycles. The summed E-state index contributed by atoms with van der Waals surface area (Å²) in [6.45, 7) is 7.30. The second kappa shape index (κ2) is 6.43. The van der Waals surface area contributed by atoms with Gasteiger partial charge in [-0.25, -0.2) is 4.79 Å². The highest BCUT2D eigenvalue weighted by molar-refractivity contribution is 9.11. The van der Waals surface area contributed by atoms with Gasteiger partial charge in [0.25, 0.3) is 0 Å². The summed E-state index contributed by atoms with van der Waals surface area (Å²) in [5.74, 6) is -0.433. The molecule has 78 valence electrons. The van der Waals surface area contributed by atoms with Gasteiger partial charge in [0, 0.05) is 10.2 Å². The molecule has 0 aromatic heterocycles. The molecule has 4 heteroatoms. The van der Waals surface area contributed by atoms with Crippen LogP contribution < -0.4 is 5.73 Å². The quantitative estimate of drug-likeness (QED) is 0.479. The number of esters is 1. The second-order valence-corrected chi connectivity index (χ2v) is 3.68. The molecule has 0 bridgehead atoms. The van der Waals surface area contributed by atoms with Crippen LogP contribution in [0.3, 0.4) is 0 Å². The summed E-state index contributed by atoms with van der Waals surface area (Å²) < 4.78 is 5.50. The molecule has 0 saturated carbocycles. The minimum absolute atomic E-state index is 0.323. The Balaban J connectivity index is 4.99. The van der Waals surface area contributed by atoms with Crippen molar-refractivity contribution in [1.29, 1.82) is 0 Å². The first-order chi connectivity index (χ1) is 6.54. The summed E-state index contributed by atoms with van der Waals surface area (Å²) >= 11 is 3.21. The van der Waals surface area contributed by atoms with Gasteiger partial charge in [-0.3, -0.25) is 0 Å². The summed E-state index contributed by atoms with van der Waals surface area (Å²) in [6.07, 6.45) is 3.07. The number of carbonyl (C=O) groups is 1. The first-order valence-corrected chi connectivity index (χ1v) is 4.95. The number of ether oxygens (including phenoxy) is 1. The highest BCUT2D eigenvalue weighted by Gasteiger charge is 2.15. The molecule has 0 spiro atoms. The molecular weight excluding hydrogens is 246 g/mol. The topological polar surface area (TPSA) is 52.3 Å². The van der Waals surface area contributed by atoms with Crippen LogP contribution in [0.25, 0.3) is 0 Å². The van der Waals surface area contributed by atoms with Crippen LogP contribution in [0.1, 0.15) is 13.8 Å². The largest absolute Gasteiger partial charge is 0.462 e. The van der Waals surface area contributed by atoms with Crippen LogP contribution in [-0.4, -0.2) is 12.6 Å². The lowest BCUT2D eigenvalue weighted by Crippen LogP contribution is -2.15. The molecule has 0 amide bonds. The van der Waals surface area contributed by atoms with Crippen molar-refractivity contribution in [2.45, 2.75) is 13.8 Å². The minimum atomic E-state index is -0.433. The van der Waals surface area contributed by atoms with E-state index in [1.807, 2.05) is 0 Å².